The van der Waals surface area contributed by atoms with E-state index in [1.54, 1.807) is 31.3 Å². The number of nitrogens with zero attached hydrogens (tertiary/aromatic N) is 1. The van der Waals surface area contributed by atoms with E-state index in [4.69, 9.17) is 19.9 Å². The lowest BCUT2D eigenvalue weighted by atomic mass is 9.77. The molecule has 2 amide bonds. The molecule has 0 bridgehead atoms. The van der Waals surface area contributed by atoms with Crippen LogP contribution in [-0.4, -0.2) is 121 Å². The van der Waals surface area contributed by atoms with Gasteiger partial charge in [-0.15, -0.1) is 0 Å². The van der Waals surface area contributed by atoms with Crippen LogP contribution in [0.2, 0.25) is 0 Å². The molecule has 18 heteroatoms. The molecule has 2 heterocycles. The van der Waals surface area contributed by atoms with Crippen molar-refractivity contribution in [2.24, 2.45) is 28.4 Å². The van der Waals surface area contributed by atoms with E-state index in [1.165, 1.54) is 24.9 Å². The van der Waals surface area contributed by atoms with Crippen LogP contribution in [0, 0.1) is 22.7 Å². The third-order valence-electron chi connectivity index (χ3n) is 11.8. The summed E-state index contributed by atoms with van der Waals surface area (Å²) < 4.78 is 54.8. The van der Waals surface area contributed by atoms with Crippen molar-refractivity contribution in [1.82, 2.24) is 14.9 Å². The van der Waals surface area contributed by atoms with Crippen molar-refractivity contribution in [1.29, 1.82) is 0 Å². The Bertz CT molecular complexity index is 1790. The molecule has 0 saturated carbocycles. The van der Waals surface area contributed by atoms with E-state index in [2.05, 4.69) is 64.7 Å². The number of unbranched alkanes of at least 4 members (excludes halogenated alkanes) is 2. The van der Waals surface area contributed by atoms with Crippen LogP contribution in [0.1, 0.15) is 92.1 Å². The monoisotopic (exact) mass is 941 g/mol. The van der Waals surface area contributed by atoms with Crippen LogP contribution >= 0.6 is 11.6 Å². The van der Waals surface area contributed by atoms with Gasteiger partial charge in [-0.05, 0) is 85.6 Å². The quantitative estimate of drug-likeness (QED) is 0.0439. The third kappa shape index (κ3) is 20.2. The number of sulfonamides is 1. The Morgan fingerprint density at radius 3 is 2.23 bits per heavy atom. The normalized spacial score (nSPS) is 18.1. The lowest BCUT2D eigenvalue weighted by Crippen LogP contribution is -2.52. The average molecular weight is 943 g/mol. The Kier molecular flexibility index (Phi) is 25.0. The van der Waals surface area contributed by atoms with Crippen molar-refractivity contribution in [2.75, 3.05) is 66.0 Å². The molecule has 0 radical (unpaired) electrons. The molecule has 364 valence electrons. The van der Waals surface area contributed by atoms with Crippen molar-refractivity contribution in [3.63, 3.8) is 0 Å². The maximum atomic E-state index is 14.1. The van der Waals surface area contributed by atoms with Gasteiger partial charge in [0.2, 0.25) is 10.0 Å². The summed E-state index contributed by atoms with van der Waals surface area (Å²) >= 11 is 4.60. The molecular weight excluding hydrogens is 866 g/mol. The zero-order valence-corrected chi connectivity index (χ0v) is 41.0. The fourth-order valence-electron chi connectivity index (χ4n) is 7.13. The topological polar surface area (TPSA) is 217 Å². The van der Waals surface area contributed by atoms with E-state index in [-0.39, 0.29) is 49.3 Å². The first-order valence-electron chi connectivity index (χ1n) is 22.1. The fourth-order valence-corrected chi connectivity index (χ4v) is 8.82. The molecule has 16 nitrogen and oxygen atoms in total. The van der Waals surface area contributed by atoms with Crippen molar-refractivity contribution in [3.05, 3.63) is 60.2 Å². The number of nitrogens with one attached hydrogen (secondary N) is 3. The number of methoxy groups -OCH3 is 2. The second-order valence-corrected chi connectivity index (χ2v) is 20.2. The Hall–Kier alpha value is -3.71. The second kappa shape index (κ2) is 28.4. The van der Waals surface area contributed by atoms with Crippen molar-refractivity contribution >= 4 is 44.9 Å². The van der Waals surface area contributed by atoms with E-state index >= 15 is 0 Å². The number of hydrogen-bond donors (Lipinski definition) is 5. The number of fused-ring (bicyclic) bond motifs is 1. The molecule has 2 aliphatic heterocycles. The summed E-state index contributed by atoms with van der Waals surface area (Å²) in [6.07, 6.45) is 3.75. The highest BCUT2D eigenvalue weighted by Crippen LogP contribution is 2.34. The molecule has 6 N–H and O–H groups in total. The number of amides is 2. The molecule has 2 aliphatic rings. The lowest BCUT2D eigenvalue weighted by Gasteiger charge is -2.35. The van der Waals surface area contributed by atoms with Gasteiger partial charge in [-0.3, -0.25) is 0 Å². The highest BCUT2D eigenvalue weighted by molar-refractivity contribution is 7.89. The average Bonchev–Trinajstić information content (AvgIpc) is 3.89. The molecule has 4 rings (SSSR count). The van der Waals surface area contributed by atoms with Crippen LogP contribution in [0.3, 0.4) is 0 Å². The van der Waals surface area contributed by atoms with E-state index in [9.17, 15) is 27.9 Å². The van der Waals surface area contributed by atoms with E-state index in [1.807, 2.05) is 44.2 Å². The van der Waals surface area contributed by atoms with E-state index < -0.39 is 45.2 Å². The number of rotatable bonds is 22. The number of carbonyl (C=O) groups is 3. The number of ether oxygens (including phenoxy) is 5. The SMILES string of the molecule is CNc1cccc(S(=O)(=O)N(CC(O)[C@H](Cc2ccccc2)NC(=O)OC2COC3OCCC23)CC(C)(C)CCCCN)c1.COC(=O)Cl.COC(=O)NCCCCC(C)(C)C(C)C. The van der Waals surface area contributed by atoms with Gasteiger partial charge < -0.3 is 50.5 Å². The van der Waals surface area contributed by atoms with Gasteiger partial charge in [0, 0.05) is 44.0 Å². The van der Waals surface area contributed by atoms with Crippen LogP contribution in [0.15, 0.2) is 59.5 Å². The van der Waals surface area contributed by atoms with Crippen LogP contribution < -0.4 is 21.7 Å². The molecule has 2 aromatic carbocycles. The maximum Gasteiger partial charge on any atom is 0.407 e. The zero-order valence-electron chi connectivity index (χ0n) is 39.4. The van der Waals surface area contributed by atoms with Gasteiger partial charge in [0.25, 0.3) is 0 Å². The predicted octanol–water partition coefficient (Wildman–Crippen LogP) is 7.52. The Balaban J connectivity index is 0.000000586. The lowest BCUT2D eigenvalue weighted by molar-refractivity contribution is -0.0907. The smallest absolute Gasteiger partial charge is 0.407 e. The molecule has 2 fully saturated rings. The highest BCUT2D eigenvalue weighted by Gasteiger charge is 2.44. The van der Waals surface area contributed by atoms with Gasteiger partial charge >= 0.3 is 17.6 Å². The number of nitrogens with two attached hydrogens (primary N) is 1. The summed E-state index contributed by atoms with van der Waals surface area (Å²) in [7, 11) is 0.309. The van der Waals surface area contributed by atoms with Gasteiger partial charge in [0.1, 0.15) is 6.10 Å². The van der Waals surface area contributed by atoms with E-state index in [0.29, 0.717) is 36.7 Å². The summed E-state index contributed by atoms with van der Waals surface area (Å²) in [5, 5.41) is 20.2. The minimum Gasteiger partial charge on any atom is -0.457 e. The van der Waals surface area contributed by atoms with Crippen LogP contribution in [0.5, 0.6) is 0 Å². The Morgan fingerprint density at radius 2 is 1.62 bits per heavy atom. The maximum absolute atomic E-state index is 14.1. The standard InChI is InChI=1S/C32H48N4O7S.C12H25NO2.C2H3ClO2/c1-32(2,15-7-8-16-33)22-36(44(39,40)25-13-9-12-24(19-25)34-3)20-28(37)27(18-23-10-5-4-6-11-23)35-31(38)43-29-21-42-30-26(29)14-17-41-30;1-10(2)12(3,4)8-6-7-9-13-11(14)15-5;1-5-2(3)4/h4-6,9-13,19,26-30,34,37H,7-8,14-18,20-22,33H2,1-3H3,(H,35,38);10H,6-9H2,1-5H3,(H,13,14);1H3/t26?,27-,28?,29?,30?;;/m0../s1. The number of aliphatic hydroxyl groups excluding tert-OH is 1. The summed E-state index contributed by atoms with van der Waals surface area (Å²) in [4.78, 5) is 33.4. The summed E-state index contributed by atoms with van der Waals surface area (Å²) in [5.41, 5.74) is 6.47. The largest absolute Gasteiger partial charge is 0.457 e. The number of hydrogen-bond acceptors (Lipinski definition) is 13. The number of aliphatic hydroxyl groups is 1. The van der Waals surface area contributed by atoms with Gasteiger partial charge in [0.15, 0.2) is 6.29 Å². The van der Waals surface area contributed by atoms with Crippen LogP contribution in [0.25, 0.3) is 0 Å². The minimum absolute atomic E-state index is 0.0336. The summed E-state index contributed by atoms with van der Waals surface area (Å²) in [6.45, 7) is 15.2. The Labute approximate surface area is 387 Å². The first-order valence-corrected chi connectivity index (χ1v) is 24.0. The first-order chi connectivity index (χ1) is 30.2. The minimum atomic E-state index is -4.02. The molecule has 0 aromatic heterocycles. The molecule has 4 unspecified atom stereocenters. The van der Waals surface area contributed by atoms with E-state index in [0.717, 1.165) is 44.1 Å². The highest BCUT2D eigenvalue weighted by atomic mass is 35.5. The number of carbonyl (C=O) groups excluding carboxylic acids is 3. The zero-order chi connectivity index (χ0) is 47.9. The number of anilines is 1. The van der Waals surface area contributed by atoms with Gasteiger partial charge in [-0.1, -0.05) is 90.8 Å². The van der Waals surface area contributed by atoms with Crippen LogP contribution in [-0.2, 0) is 40.1 Å². The third-order valence-corrected chi connectivity index (χ3v) is 13.8. The summed E-state index contributed by atoms with van der Waals surface area (Å²) in [6, 6.07) is 15.2. The van der Waals surface area contributed by atoms with Crippen LogP contribution in [0.4, 0.5) is 20.1 Å². The van der Waals surface area contributed by atoms with Gasteiger partial charge in [-0.25, -0.2) is 22.8 Å². The van der Waals surface area contributed by atoms with Crippen molar-refractivity contribution in [3.8, 4) is 0 Å². The van der Waals surface area contributed by atoms with Gasteiger partial charge in [-0.2, -0.15) is 4.31 Å². The van der Waals surface area contributed by atoms with Crippen molar-refractivity contribution in [2.45, 2.75) is 122 Å². The number of alkyl carbamates (subject to hydrolysis) is 2. The van der Waals surface area contributed by atoms with Gasteiger partial charge in [0.05, 0.1) is 50.4 Å². The molecular formula is C46H76ClN5O11S. The predicted molar refractivity (Wildman–Crippen MR) is 250 cm³/mol. The molecule has 0 aliphatic carbocycles. The Morgan fingerprint density at radius 1 is 0.953 bits per heavy atom. The fraction of sp³-hybridized carbons (Fsp3) is 0.674. The number of halogens is 1. The molecule has 5 atom stereocenters. The second-order valence-electron chi connectivity index (χ2n) is 17.9. The first kappa shape index (κ1) is 56.4. The molecule has 2 aromatic rings. The molecule has 64 heavy (non-hydrogen) atoms. The summed E-state index contributed by atoms with van der Waals surface area (Å²) in [5.74, 6) is 0.667. The van der Waals surface area contributed by atoms with Crippen molar-refractivity contribution < 1.29 is 51.6 Å². The molecule has 2 saturated heterocycles. The molecule has 0 spiro atoms. The number of benzene rings is 2.